The molecule has 0 spiro atoms. The Hall–Kier alpha value is -1.74. The molecular formula is C21H28. The van der Waals surface area contributed by atoms with E-state index in [0.29, 0.717) is 0 Å². The van der Waals surface area contributed by atoms with Crippen LogP contribution in [-0.4, -0.2) is 0 Å². The van der Waals surface area contributed by atoms with Gasteiger partial charge in [-0.05, 0) is 54.7 Å². The maximum atomic E-state index is 3.29. The summed E-state index contributed by atoms with van der Waals surface area (Å²) in [6, 6.07) is 13.2. The van der Waals surface area contributed by atoms with Gasteiger partial charge in [-0.2, -0.15) is 0 Å². The average molecular weight is 280 g/mol. The van der Waals surface area contributed by atoms with Crippen molar-refractivity contribution in [2.24, 2.45) is 5.41 Å². The van der Waals surface area contributed by atoms with Gasteiger partial charge in [0.25, 0.3) is 0 Å². The molecule has 0 fully saturated rings. The molecule has 2 rings (SSSR count). The summed E-state index contributed by atoms with van der Waals surface area (Å²) in [5.41, 5.74) is 2.71. The molecule has 0 nitrogen and oxygen atoms in total. The van der Waals surface area contributed by atoms with Crippen LogP contribution in [0, 0.1) is 17.3 Å². The third-order valence-corrected chi connectivity index (χ3v) is 3.29. The van der Waals surface area contributed by atoms with E-state index in [4.69, 9.17) is 0 Å². The molecule has 0 bridgehead atoms. The van der Waals surface area contributed by atoms with Crippen molar-refractivity contribution < 1.29 is 0 Å². The van der Waals surface area contributed by atoms with E-state index in [-0.39, 0.29) is 18.3 Å². The third-order valence-electron chi connectivity index (χ3n) is 3.29. The van der Waals surface area contributed by atoms with Crippen molar-refractivity contribution in [3.63, 3.8) is 0 Å². The highest BCUT2D eigenvalue weighted by Gasteiger charge is 2.13. The van der Waals surface area contributed by atoms with Crippen LogP contribution < -0.4 is 0 Å². The van der Waals surface area contributed by atoms with Crippen LogP contribution in [0.15, 0.2) is 36.4 Å². The number of hydrogen-bond acceptors (Lipinski definition) is 0. The molecule has 0 unspecified atom stereocenters. The van der Waals surface area contributed by atoms with E-state index in [9.17, 15) is 0 Å². The zero-order valence-electron chi connectivity index (χ0n) is 13.5. The summed E-state index contributed by atoms with van der Waals surface area (Å²) in [7, 11) is 0. The second kappa shape index (κ2) is 5.94. The number of benzene rings is 2. The predicted molar refractivity (Wildman–Crippen MR) is 95.7 cm³/mol. The zero-order valence-corrected chi connectivity index (χ0v) is 13.5. The van der Waals surface area contributed by atoms with Crippen molar-refractivity contribution >= 4 is 10.8 Å². The van der Waals surface area contributed by atoms with Crippen molar-refractivity contribution in [2.45, 2.75) is 54.4 Å². The summed E-state index contributed by atoms with van der Waals surface area (Å²) in [5, 5.41) is 2.55. The third kappa shape index (κ3) is 4.64. The van der Waals surface area contributed by atoms with Gasteiger partial charge in [0.05, 0.1) is 0 Å². The molecule has 112 valence electrons. The van der Waals surface area contributed by atoms with E-state index in [2.05, 4.69) is 89.8 Å². The minimum Gasteiger partial charge on any atom is -0.0920 e. The minimum atomic E-state index is 0. The molecule has 0 saturated carbocycles. The SMILES string of the molecule is C.CC(C)(C)C#Cc1ccc2cc(C(C)(C)C)ccc2c1. The van der Waals surface area contributed by atoms with Gasteiger partial charge in [-0.3, -0.25) is 0 Å². The Kier molecular flexibility index (Phi) is 4.90. The van der Waals surface area contributed by atoms with Gasteiger partial charge in [0.1, 0.15) is 0 Å². The molecule has 0 heteroatoms. The van der Waals surface area contributed by atoms with Gasteiger partial charge in [0.2, 0.25) is 0 Å². The van der Waals surface area contributed by atoms with Gasteiger partial charge in [0, 0.05) is 11.0 Å². The molecule has 0 amide bonds. The molecule has 0 aliphatic carbocycles. The Bertz CT molecular complexity index is 680. The molecular weight excluding hydrogens is 252 g/mol. The van der Waals surface area contributed by atoms with Crippen LogP contribution in [0.1, 0.15) is 60.1 Å². The Labute approximate surface area is 130 Å². The highest BCUT2D eigenvalue weighted by atomic mass is 14.2. The van der Waals surface area contributed by atoms with Crippen LogP contribution in [0.3, 0.4) is 0 Å². The lowest BCUT2D eigenvalue weighted by molar-refractivity contribution is 0.571. The van der Waals surface area contributed by atoms with Gasteiger partial charge < -0.3 is 0 Å². The topological polar surface area (TPSA) is 0 Å². The average Bonchev–Trinajstić information content (AvgIpc) is 2.33. The van der Waals surface area contributed by atoms with Crippen molar-refractivity contribution in [1.82, 2.24) is 0 Å². The van der Waals surface area contributed by atoms with Crippen LogP contribution >= 0.6 is 0 Å². The standard InChI is InChI=1S/C20H24.CH4/c1-19(2,3)12-11-15-7-8-17-14-18(20(4,5)6)10-9-16(17)13-15;/h7-10,13-14H,1-6H3;1H4. The second-order valence-electron chi connectivity index (χ2n) is 7.53. The van der Waals surface area contributed by atoms with Crippen LogP contribution in [0.2, 0.25) is 0 Å². The smallest absolute Gasteiger partial charge is 0.0251 e. The molecule has 2 aromatic rings. The van der Waals surface area contributed by atoms with Gasteiger partial charge in [-0.25, -0.2) is 0 Å². The monoisotopic (exact) mass is 280 g/mol. The zero-order chi connectivity index (χ0) is 15.0. The summed E-state index contributed by atoms with van der Waals surface area (Å²) in [6.07, 6.45) is 0. The van der Waals surface area contributed by atoms with E-state index >= 15 is 0 Å². The van der Waals surface area contributed by atoms with E-state index in [1.165, 1.54) is 16.3 Å². The largest absolute Gasteiger partial charge is 0.0920 e. The minimum absolute atomic E-state index is 0. The summed E-state index contributed by atoms with van der Waals surface area (Å²) in [6.45, 7) is 13.1. The van der Waals surface area contributed by atoms with Crippen LogP contribution in [-0.2, 0) is 5.41 Å². The van der Waals surface area contributed by atoms with Crippen molar-refractivity contribution in [3.8, 4) is 11.8 Å². The van der Waals surface area contributed by atoms with Gasteiger partial charge in [-0.15, -0.1) is 0 Å². The van der Waals surface area contributed by atoms with Gasteiger partial charge in [-0.1, -0.05) is 64.3 Å². The van der Waals surface area contributed by atoms with Crippen LogP contribution in [0.4, 0.5) is 0 Å². The molecule has 2 aromatic carbocycles. The highest BCUT2D eigenvalue weighted by molar-refractivity contribution is 5.84. The first-order valence-electron chi connectivity index (χ1n) is 7.23. The summed E-state index contributed by atoms with van der Waals surface area (Å²) in [4.78, 5) is 0. The molecule has 21 heavy (non-hydrogen) atoms. The van der Waals surface area contributed by atoms with E-state index in [0.717, 1.165) is 5.56 Å². The fourth-order valence-electron chi connectivity index (χ4n) is 2.05. The molecule has 0 heterocycles. The number of hydrogen-bond donors (Lipinski definition) is 0. The maximum Gasteiger partial charge on any atom is 0.0251 e. The Morgan fingerprint density at radius 1 is 0.762 bits per heavy atom. The van der Waals surface area contributed by atoms with Crippen LogP contribution in [0.5, 0.6) is 0 Å². The Balaban J connectivity index is 0.00000220. The fraction of sp³-hybridized carbons (Fsp3) is 0.429. The van der Waals surface area contributed by atoms with E-state index < -0.39 is 0 Å². The first-order chi connectivity index (χ1) is 9.15. The molecule has 0 aliphatic heterocycles. The van der Waals surface area contributed by atoms with Crippen molar-refractivity contribution in [1.29, 1.82) is 0 Å². The molecule has 0 saturated heterocycles. The summed E-state index contributed by atoms with van der Waals surface area (Å²) < 4.78 is 0. The lowest BCUT2D eigenvalue weighted by atomic mass is 9.86. The number of rotatable bonds is 0. The second-order valence-corrected chi connectivity index (χ2v) is 7.53. The summed E-state index contributed by atoms with van der Waals surface area (Å²) in [5.74, 6) is 6.56. The van der Waals surface area contributed by atoms with E-state index in [1.807, 2.05) is 0 Å². The van der Waals surface area contributed by atoms with Gasteiger partial charge in [0.15, 0.2) is 0 Å². The summed E-state index contributed by atoms with van der Waals surface area (Å²) >= 11 is 0. The normalized spacial score (nSPS) is 11.5. The molecule has 0 radical (unpaired) electrons. The lowest BCUT2D eigenvalue weighted by Crippen LogP contribution is -2.10. The first kappa shape index (κ1) is 17.3. The van der Waals surface area contributed by atoms with Crippen molar-refractivity contribution in [3.05, 3.63) is 47.5 Å². The molecule has 0 N–H and O–H groups in total. The first-order valence-corrected chi connectivity index (χ1v) is 7.23. The predicted octanol–water partition coefficient (Wildman–Crippen LogP) is 6.17. The Morgan fingerprint density at radius 3 is 1.90 bits per heavy atom. The quantitative estimate of drug-likeness (QED) is 0.506. The van der Waals surface area contributed by atoms with Gasteiger partial charge >= 0.3 is 0 Å². The highest BCUT2D eigenvalue weighted by Crippen LogP contribution is 2.26. The molecule has 0 aromatic heterocycles. The number of fused-ring (bicyclic) bond motifs is 1. The van der Waals surface area contributed by atoms with E-state index in [1.54, 1.807) is 0 Å². The maximum absolute atomic E-state index is 3.29. The molecule has 0 aliphatic rings. The molecule has 0 atom stereocenters. The lowest BCUT2D eigenvalue weighted by Gasteiger charge is -2.19. The van der Waals surface area contributed by atoms with Crippen LogP contribution in [0.25, 0.3) is 10.8 Å². The van der Waals surface area contributed by atoms with Crippen molar-refractivity contribution in [2.75, 3.05) is 0 Å². The Morgan fingerprint density at radius 2 is 1.33 bits per heavy atom. The fourth-order valence-corrected chi connectivity index (χ4v) is 2.05.